The molecule has 2 atom stereocenters. The minimum Gasteiger partial charge on any atom is -0.352 e. The van der Waals surface area contributed by atoms with Gasteiger partial charge in [0.25, 0.3) is 0 Å². The second kappa shape index (κ2) is 7.55. The van der Waals surface area contributed by atoms with Gasteiger partial charge in [0.15, 0.2) is 0 Å². The van der Waals surface area contributed by atoms with Gasteiger partial charge in [0, 0.05) is 18.2 Å². The summed E-state index contributed by atoms with van der Waals surface area (Å²) >= 11 is 0. The van der Waals surface area contributed by atoms with Crippen LogP contribution in [0.15, 0.2) is 18.2 Å². The highest BCUT2D eigenvalue weighted by atomic mass is 35.5. The van der Waals surface area contributed by atoms with Gasteiger partial charge in [-0.15, -0.1) is 12.4 Å². The number of piperidine rings is 1. The molecule has 0 bridgehead atoms. The first kappa shape index (κ1) is 16.9. The standard InChI is InChI=1S/C14H18F2N2O.ClH/c1-9-4-5-17-8-13(9)18-14(19)7-10-6-11(15)2-3-12(10)16;/h2-3,6,9,13,17H,4-5,7-8H2,1H3,(H,18,19);1H. The van der Waals surface area contributed by atoms with Crippen LogP contribution in [0.2, 0.25) is 0 Å². The molecule has 20 heavy (non-hydrogen) atoms. The molecule has 1 fully saturated rings. The number of carbonyl (C=O) groups is 1. The van der Waals surface area contributed by atoms with Crippen LogP contribution in [-0.4, -0.2) is 25.0 Å². The number of halogens is 3. The summed E-state index contributed by atoms with van der Waals surface area (Å²) in [5, 5.41) is 6.08. The molecule has 0 radical (unpaired) electrons. The molecule has 1 aromatic rings. The van der Waals surface area contributed by atoms with E-state index in [-0.39, 0.29) is 36.3 Å². The number of benzene rings is 1. The summed E-state index contributed by atoms with van der Waals surface area (Å²) in [6.45, 7) is 3.75. The van der Waals surface area contributed by atoms with Crippen molar-refractivity contribution in [3.05, 3.63) is 35.4 Å². The molecule has 1 aliphatic heterocycles. The van der Waals surface area contributed by atoms with E-state index in [9.17, 15) is 13.6 Å². The van der Waals surface area contributed by atoms with Gasteiger partial charge in [0.05, 0.1) is 6.42 Å². The number of hydrogen-bond donors (Lipinski definition) is 2. The Morgan fingerprint density at radius 1 is 1.45 bits per heavy atom. The summed E-state index contributed by atoms with van der Waals surface area (Å²) in [5.41, 5.74) is 0.0916. The zero-order valence-corrected chi connectivity index (χ0v) is 12.1. The van der Waals surface area contributed by atoms with Gasteiger partial charge in [-0.2, -0.15) is 0 Å². The molecule has 112 valence electrons. The Morgan fingerprint density at radius 2 is 2.20 bits per heavy atom. The summed E-state index contributed by atoms with van der Waals surface area (Å²) in [4.78, 5) is 11.9. The first-order valence-electron chi connectivity index (χ1n) is 6.50. The first-order valence-corrected chi connectivity index (χ1v) is 6.50. The van der Waals surface area contributed by atoms with Crippen LogP contribution in [-0.2, 0) is 11.2 Å². The zero-order chi connectivity index (χ0) is 13.8. The molecule has 1 heterocycles. The fraction of sp³-hybridized carbons (Fsp3) is 0.500. The fourth-order valence-corrected chi connectivity index (χ4v) is 2.29. The molecule has 1 aromatic carbocycles. The van der Waals surface area contributed by atoms with E-state index in [1.165, 1.54) is 0 Å². The van der Waals surface area contributed by atoms with Crippen molar-refractivity contribution in [3.63, 3.8) is 0 Å². The average Bonchev–Trinajstić information content (AvgIpc) is 2.37. The monoisotopic (exact) mass is 304 g/mol. The van der Waals surface area contributed by atoms with Gasteiger partial charge < -0.3 is 10.6 Å². The highest BCUT2D eigenvalue weighted by Crippen LogP contribution is 2.13. The summed E-state index contributed by atoms with van der Waals surface area (Å²) in [5.74, 6) is -0.962. The Hall–Kier alpha value is -1.20. The van der Waals surface area contributed by atoms with Crippen molar-refractivity contribution in [2.75, 3.05) is 13.1 Å². The minimum atomic E-state index is -0.550. The normalized spacial score (nSPS) is 21.9. The molecule has 0 spiro atoms. The fourth-order valence-electron chi connectivity index (χ4n) is 2.29. The quantitative estimate of drug-likeness (QED) is 0.897. The maximum absolute atomic E-state index is 13.4. The van der Waals surface area contributed by atoms with Crippen LogP contribution >= 0.6 is 12.4 Å². The van der Waals surface area contributed by atoms with Crippen molar-refractivity contribution in [2.45, 2.75) is 25.8 Å². The lowest BCUT2D eigenvalue weighted by Crippen LogP contribution is -2.50. The summed E-state index contributed by atoms with van der Waals surface area (Å²) in [7, 11) is 0. The molecule has 0 aliphatic carbocycles. The van der Waals surface area contributed by atoms with Crippen LogP contribution in [0.5, 0.6) is 0 Å². The van der Waals surface area contributed by atoms with E-state index in [0.29, 0.717) is 5.92 Å². The largest absolute Gasteiger partial charge is 0.352 e. The van der Waals surface area contributed by atoms with Gasteiger partial charge >= 0.3 is 0 Å². The predicted molar refractivity (Wildman–Crippen MR) is 75.9 cm³/mol. The molecule has 2 unspecified atom stereocenters. The third kappa shape index (κ3) is 4.42. The van der Waals surface area contributed by atoms with Crippen molar-refractivity contribution in [2.24, 2.45) is 5.92 Å². The van der Waals surface area contributed by atoms with Crippen LogP contribution < -0.4 is 10.6 Å². The Morgan fingerprint density at radius 3 is 2.90 bits per heavy atom. The maximum Gasteiger partial charge on any atom is 0.224 e. The number of carbonyl (C=O) groups excluding carboxylic acids is 1. The van der Waals surface area contributed by atoms with Crippen molar-refractivity contribution in [3.8, 4) is 0 Å². The second-order valence-electron chi connectivity index (χ2n) is 5.06. The smallest absolute Gasteiger partial charge is 0.224 e. The lowest BCUT2D eigenvalue weighted by Gasteiger charge is -2.30. The van der Waals surface area contributed by atoms with Crippen molar-refractivity contribution >= 4 is 18.3 Å². The lowest BCUT2D eigenvalue weighted by molar-refractivity contribution is -0.121. The third-order valence-corrected chi connectivity index (χ3v) is 3.53. The van der Waals surface area contributed by atoms with Gasteiger partial charge in [0.1, 0.15) is 11.6 Å². The molecule has 0 aromatic heterocycles. The second-order valence-corrected chi connectivity index (χ2v) is 5.06. The van der Waals surface area contributed by atoms with E-state index in [1.807, 2.05) is 0 Å². The van der Waals surface area contributed by atoms with Crippen molar-refractivity contribution in [1.82, 2.24) is 10.6 Å². The molecule has 6 heteroatoms. The molecule has 1 amide bonds. The van der Waals surface area contributed by atoms with E-state index >= 15 is 0 Å². The molecule has 1 saturated heterocycles. The Bertz CT molecular complexity index is 470. The molecule has 2 rings (SSSR count). The van der Waals surface area contributed by atoms with Crippen molar-refractivity contribution < 1.29 is 13.6 Å². The van der Waals surface area contributed by atoms with E-state index in [1.54, 1.807) is 0 Å². The Labute approximate surface area is 123 Å². The van der Waals surface area contributed by atoms with Crippen LogP contribution in [0.4, 0.5) is 8.78 Å². The summed E-state index contributed by atoms with van der Waals surface area (Å²) in [6, 6.07) is 3.21. The van der Waals surface area contributed by atoms with Crippen LogP contribution in [0.3, 0.4) is 0 Å². The molecule has 3 nitrogen and oxygen atoms in total. The highest BCUT2D eigenvalue weighted by molar-refractivity contribution is 5.85. The highest BCUT2D eigenvalue weighted by Gasteiger charge is 2.22. The number of nitrogens with one attached hydrogen (secondary N) is 2. The number of hydrogen-bond acceptors (Lipinski definition) is 2. The third-order valence-electron chi connectivity index (χ3n) is 3.53. The van der Waals surface area contributed by atoms with Gasteiger partial charge in [0.2, 0.25) is 5.91 Å². The Kier molecular flexibility index (Phi) is 6.36. The van der Waals surface area contributed by atoms with Crippen LogP contribution in [0, 0.1) is 17.6 Å². The van der Waals surface area contributed by atoms with Crippen molar-refractivity contribution in [1.29, 1.82) is 0 Å². The van der Waals surface area contributed by atoms with E-state index < -0.39 is 11.6 Å². The maximum atomic E-state index is 13.4. The molecular formula is C14H19ClF2N2O. The zero-order valence-electron chi connectivity index (χ0n) is 11.3. The number of rotatable bonds is 3. The average molecular weight is 305 g/mol. The molecule has 0 saturated carbocycles. The molecule has 2 N–H and O–H groups in total. The van der Waals surface area contributed by atoms with E-state index in [0.717, 1.165) is 37.7 Å². The lowest BCUT2D eigenvalue weighted by atomic mass is 9.94. The number of amides is 1. The minimum absolute atomic E-state index is 0. The summed E-state index contributed by atoms with van der Waals surface area (Å²) < 4.78 is 26.4. The Balaban J connectivity index is 0.00000200. The topological polar surface area (TPSA) is 41.1 Å². The summed E-state index contributed by atoms with van der Waals surface area (Å²) in [6.07, 6.45) is 0.867. The van der Waals surface area contributed by atoms with Gasteiger partial charge in [-0.05, 0) is 37.1 Å². The van der Waals surface area contributed by atoms with Gasteiger partial charge in [-0.25, -0.2) is 8.78 Å². The van der Waals surface area contributed by atoms with Gasteiger partial charge in [-0.3, -0.25) is 4.79 Å². The molecular weight excluding hydrogens is 286 g/mol. The predicted octanol–water partition coefficient (Wildman–Crippen LogP) is 2.04. The first-order chi connectivity index (χ1) is 9.06. The van der Waals surface area contributed by atoms with E-state index in [2.05, 4.69) is 17.6 Å². The SMILES string of the molecule is CC1CCNCC1NC(=O)Cc1cc(F)ccc1F.Cl. The van der Waals surface area contributed by atoms with Gasteiger partial charge in [-0.1, -0.05) is 6.92 Å². The molecule has 1 aliphatic rings. The van der Waals surface area contributed by atoms with Crippen LogP contribution in [0.1, 0.15) is 18.9 Å². The van der Waals surface area contributed by atoms with Crippen LogP contribution in [0.25, 0.3) is 0 Å². The van der Waals surface area contributed by atoms with E-state index in [4.69, 9.17) is 0 Å².